The van der Waals surface area contributed by atoms with Crippen molar-refractivity contribution in [1.29, 1.82) is 0 Å². The predicted octanol–water partition coefficient (Wildman–Crippen LogP) is 5.18. The second kappa shape index (κ2) is 14.6. The molecule has 7 nitrogen and oxygen atoms in total. The van der Waals surface area contributed by atoms with Gasteiger partial charge in [0, 0.05) is 49.9 Å². The molecule has 0 aliphatic rings. The molecule has 0 spiro atoms. The van der Waals surface area contributed by atoms with Crippen LogP contribution in [0.2, 0.25) is 0 Å². The third kappa shape index (κ3) is 9.39. The maximum atomic E-state index is 13.3. The van der Waals surface area contributed by atoms with Gasteiger partial charge in [0.1, 0.15) is 18.2 Å². The number of thioether (sulfide) groups is 1. The lowest BCUT2D eigenvalue weighted by Gasteiger charge is -2.20. The van der Waals surface area contributed by atoms with Gasteiger partial charge < -0.3 is 9.47 Å². The number of carbonyl (C=O) groups excluding carboxylic acids is 1. The van der Waals surface area contributed by atoms with Gasteiger partial charge in [-0.3, -0.25) is 9.59 Å². The fraction of sp³-hybridized carbons (Fsp3) is 0.464. The quantitative estimate of drug-likeness (QED) is 0.164. The van der Waals surface area contributed by atoms with E-state index in [9.17, 15) is 14.0 Å². The maximum absolute atomic E-state index is 13.3. The van der Waals surface area contributed by atoms with Crippen molar-refractivity contribution >= 4 is 17.7 Å². The average molecular weight is 526 g/mol. The first-order valence-corrected chi connectivity index (χ1v) is 13.8. The first kappa shape index (κ1) is 28.5. The van der Waals surface area contributed by atoms with Crippen LogP contribution < -0.4 is 5.56 Å². The molecule has 0 atom stereocenters. The number of rotatable bonds is 14. The summed E-state index contributed by atoms with van der Waals surface area (Å²) in [4.78, 5) is 40.4. The number of halogens is 1. The van der Waals surface area contributed by atoms with E-state index in [1.807, 2.05) is 7.05 Å². The second-order valence-corrected chi connectivity index (χ2v) is 10.2. The first-order valence-electron chi connectivity index (χ1n) is 12.8. The normalized spacial score (nSPS) is 11.0. The van der Waals surface area contributed by atoms with Gasteiger partial charge in [-0.25, -0.2) is 14.4 Å². The van der Waals surface area contributed by atoms with E-state index >= 15 is 0 Å². The molecule has 0 N–H and O–H groups in total. The molecule has 37 heavy (non-hydrogen) atoms. The van der Waals surface area contributed by atoms with Crippen LogP contribution in [0.25, 0.3) is 0 Å². The van der Waals surface area contributed by atoms with Gasteiger partial charge in [0.25, 0.3) is 5.56 Å². The van der Waals surface area contributed by atoms with Crippen LogP contribution in [-0.2, 0) is 23.5 Å². The third-order valence-electron chi connectivity index (χ3n) is 6.12. The predicted molar refractivity (Wildman–Crippen MR) is 145 cm³/mol. The topological polar surface area (TPSA) is 81.0 Å². The molecule has 0 aliphatic carbocycles. The summed E-state index contributed by atoms with van der Waals surface area (Å²) in [5.74, 6) is 0.824. The van der Waals surface area contributed by atoms with Crippen LogP contribution in [0.1, 0.15) is 68.0 Å². The number of aromatic nitrogens is 4. The number of hydrogen-bond donors (Lipinski definition) is 0. The molecular weight excluding hydrogens is 489 g/mol. The van der Waals surface area contributed by atoms with Crippen molar-refractivity contribution in [2.45, 2.75) is 76.2 Å². The van der Waals surface area contributed by atoms with Crippen LogP contribution in [0.5, 0.6) is 0 Å². The fourth-order valence-electron chi connectivity index (χ4n) is 3.85. The summed E-state index contributed by atoms with van der Waals surface area (Å²) in [7, 11) is 1.82. The van der Waals surface area contributed by atoms with E-state index in [2.05, 4.69) is 21.9 Å². The van der Waals surface area contributed by atoms with Crippen molar-refractivity contribution in [3.8, 4) is 0 Å². The van der Waals surface area contributed by atoms with Gasteiger partial charge in [0.2, 0.25) is 5.91 Å². The van der Waals surface area contributed by atoms with Gasteiger partial charge in [0.15, 0.2) is 5.16 Å². The molecule has 1 aromatic carbocycles. The summed E-state index contributed by atoms with van der Waals surface area (Å²) in [6, 6.07) is 6.22. The summed E-state index contributed by atoms with van der Waals surface area (Å²) in [6.07, 6.45) is 12.4. The lowest BCUT2D eigenvalue weighted by Crippen LogP contribution is -2.32. The molecule has 0 radical (unpaired) electrons. The Morgan fingerprint density at radius 3 is 2.41 bits per heavy atom. The maximum Gasteiger partial charge on any atom is 0.277 e. The van der Waals surface area contributed by atoms with Gasteiger partial charge in [-0.15, -0.1) is 0 Å². The zero-order chi connectivity index (χ0) is 26.6. The Balaban J connectivity index is 1.74. The van der Waals surface area contributed by atoms with Gasteiger partial charge in [0.05, 0.1) is 0 Å². The molecule has 3 rings (SSSR count). The number of aryl methyl sites for hydroxylation is 1. The number of likely N-dealkylation sites (N-methyl/N-ethyl adjacent to an activating group) is 1. The summed E-state index contributed by atoms with van der Waals surface area (Å²) >= 11 is 1.35. The molecule has 3 aromatic rings. The zero-order valence-corrected chi connectivity index (χ0v) is 22.8. The SMILES string of the molecule is CCCCCCCCN(C)C(=O)Cn1cc(Cc2cnc(C)nc2)c(=O)nc1SCc1ccc(F)cc1. The monoisotopic (exact) mass is 525 g/mol. The number of carbonyl (C=O) groups is 1. The van der Waals surface area contributed by atoms with Crippen molar-refractivity contribution in [2.24, 2.45) is 0 Å². The number of benzene rings is 1. The van der Waals surface area contributed by atoms with E-state index in [1.165, 1.54) is 49.6 Å². The lowest BCUT2D eigenvalue weighted by atomic mass is 10.1. The highest BCUT2D eigenvalue weighted by Gasteiger charge is 2.16. The average Bonchev–Trinajstić information content (AvgIpc) is 2.89. The second-order valence-electron chi connectivity index (χ2n) is 9.30. The van der Waals surface area contributed by atoms with Gasteiger partial charge >= 0.3 is 0 Å². The first-order chi connectivity index (χ1) is 17.9. The molecule has 9 heteroatoms. The van der Waals surface area contributed by atoms with Crippen molar-refractivity contribution in [3.05, 3.63) is 81.5 Å². The van der Waals surface area contributed by atoms with Crippen LogP contribution in [0.3, 0.4) is 0 Å². The zero-order valence-electron chi connectivity index (χ0n) is 22.0. The standard InChI is InChI=1S/C28H36FN5O2S/c1-4-5-6-7-8-9-14-33(3)26(35)19-34-18-24(15-23-16-30-21(2)31-17-23)27(36)32-28(34)37-20-22-10-12-25(29)13-11-22/h10-13,16-18H,4-9,14-15,19-20H2,1-3H3. The molecule has 2 aromatic heterocycles. The van der Waals surface area contributed by atoms with Crippen LogP contribution in [0.4, 0.5) is 4.39 Å². The van der Waals surface area contributed by atoms with Gasteiger partial charge in [-0.2, -0.15) is 4.98 Å². The highest BCUT2D eigenvalue weighted by atomic mass is 32.2. The Morgan fingerprint density at radius 1 is 1.03 bits per heavy atom. The van der Waals surface area contributed by atoms with E-state index in [0.717, 1.165) is 24.0 Å². The van der Waals surface area contributed by atoms with E-state index in [-0.39, 0.29) is 23.8 Å². The molecule has 2 heterocycles. The third-order valence-corrected chi connectivity index (χ3v) is 7.18. The van der Waals surface area contributed by atoms with Crippen LogP contribution >= 0.6 is 11.8 Å². The molecule has 0 unspecified atom stereocenters. The molecule has 0 saturated carbocycles. The molecule has 1 amide bonds. The smallest absolute Gasteiger partial charge is 0.277 e. The van der Waals surface area contributed by atoms with Crippen LogP contribution in [-0.4, -0.2) is 43.9 Å². The minimum absolute atomic E-state index is 0.0349. The van der Waals surface area contributed by atoms with E-state index < -0.39 is 0 Å². The largest absolute Gasteiger partial charge is 0.344 e. The van der Waals surface area contributed by atoms with E-state index in [0.29, 0.717) is 35.3 Å². The van der Waals surface area contributed by atoms with E-state index in [4.69, 9.17) is 0 Å². The Morgan fingerprint density at radius 2 is 1.70 bits per heavy atom. The van der Waals surface area contributed by atoms with Crippen molar-refractivity contribution in [2.75, 3.05) is 13.6 Å². The Hall–Kier alpha value is -3.07. The highest BCUT2D eigenvalue weighted by molar-refractivity contribution is 7.98. The van der Waals surface area contributed by atoms with Crippen LogP contribution in [0.15, 0.2) is 52.8 Å². The Bertz CT molecular complexity index is 1200. The summed E-state index contributed by atoms with van der Waals surface area (Å²) in [5.41, 5.74) is 1.84. The number of nitrogens with zero attached hydrogens (tertiary/aromatic N) is 5. The van der Waals surface area contributed by atoms with Crippen molar-refractivity contribution in [1.82, 2.24) is 24.4 Å². The highest BCUT2D eigenvalue weighted by Crippen LogP contribution is 2.21. The molecule has 198 valence electrons. The van der Waals surface area contributed by atoms with Gasteiger partial charge in [-0.1, -0.05) is 62.9 Å². The molecule has 0 fully saturated rings. The minimum atomic E-state index is -0.341. The summed E-state index contributed by atoms with van der Waals surface area (Å²) < 4.78 is 15.0. The molecule has 0 saturated heterocycles. The summed E-state index contributed by atoms with van der Waals surface area (Å²) in [6.45, 7) is 4.79. The van der Waals surface area contributed by atoms with Crippen molar-refractivity contribution < 1.29 is 9.18 Å². The lowest BCUT2D eigenvalue weighted by molar-refractivity contribution is -0.130. The number of amides is 1. The molecule has 0 bridgehead atoms. The van der Waals surface area contributed by atoms with Gasteiger partial charge in [-0.05, 0) is 36.6 Å². The number of unbranched alkanes of at least 4 members (excludes halogenated alkanes) is 5. The van der Waals surface area contributed by atoms with E-state index in [1.54, 1.807) is 47.1 Å². The molecule has 0 aliphatic heterocycles. The Labute approximate surface area is 222 Å². The fourth-order valence-corrected chi connectivity index (χ4v) is 4.77. The minimum Gasteiger partial charge on any atom is -0.344 e. The number of hydrogen-bond acceptors (Lipinski definition) is 6. The van der Waals surface area contributed by atoms with Crippen LogP contribution in [0, 0.1) is 12.7 Å². The molecular formula is C28H36FN5O2S. The Kier molecular flexibility index (Phi) is 11.3. The summed E-state index contributed by atoms with van der Waals surface area (Å²) in [5, 5.41) is 0.458. The van der Waals surface area contributed by atoms with Crippen molar-refractivity contribution in [3.63, 3.8) is 0 Å².